The summed E-state index contributed by atoms with van der Waals surface area (Å²) in [5.41, 5.74) is 8.43. The summed E-state index contributed by atoms with van der Waals surface area (Å²) in [6.45, 7) is 2.08. The van der Waals surface area contributed by atoms with Gasteiger partial charge in [-0.2, -0.15) is 0 Å². The van der Waals surface area contributed by atoms with Crippen LogP contribution in [0.2, 0.25) is 10.0 Å². The van der Waals surface area contributed by atoms with E-state index in [0.717, 1.165) is 24.1 Å². The van der Waals surface area contributed by atoms with Crippen LogP contribution in [-0.2, 0) is 11.2 Å². The van der Waals surface area contributed by atoms with Gasteiger partial charge in [0.05, 0.1) is 28.6 Å². The summed E-state index contributed by atoms with van der Waals surface area (Å²) in [5.74, 6) is -0.0226. The standard InChI is InChI=1S/C21H25Cl2N3O2.2ClH/c1-25(21(28)10-14-5-6-18(22)19(23)9-14)20(13-26-8-7-17(27)12-26)15-3-2-4-16(24)11-15;;/h2-6,9,11,17,20,27H,7-8,10,12-13,24H2,1H3;2*1H/t17-,20+;;/m0../s1. The van der Waals surface area contributed by atoms with E-state index in [2.05, 4.69) is 4.90 Å². The second-order valence-corrected chi connectivity index (χ2v) is 8.13. The highest BCUT2D eigenvalue weighted by molar-refractivity contribution is 6.42. The van der Waals surface area contributed by atoms with Crippen LogP contribution < -0.4 is 5.73 Å². The number of amides is 1. The van der Waals surface area contributed by atoms with Crippen LogP contribution in [0.5, 0.6) is 0 Å². The molecule has 0 bridgehead atoms. The van der Waals surface area contributed by atoms with Crippen molar-refractivity contribution < 1.29 is 9.90 Å². The maximum Gasteiger partial charge on any atom is 0.227 e. The van der Waals surface area contributed by atoms with Crippen LogP contribution in [0, 0.1) is 0 Å². The van der Waals surface area contributed by atoms with Gasteiger partial charge in [-0.3, -0.25) is 9.69 Å². The van der Waals surface area contributed by atoms with Crippen LogP contribution in [0.1, 0.15) is 23.6 Å². The van der Waals surface area contributed by atoms with Gasteiger partial charge in [-0.25, -0.2) is 0 Å². The van der Waals surface area contributed by atoms with Crippen molar-refractivity contribution >= 4 is 59.6 Å². The first-order valence-corrected chi connectivity index (χ1v) is 10.0. The molecule has 2 atom stereocenters. The molecule has 0 aromatic heterocycles. The molecule has 1 saturated heterocycles. The number of benzene rings is 2. The van der Waals surface area contributed by atoms with Gasteiger partial charge in [0.25, 0.3) is 0 Å². The lowest BCUT2D eigenvalue weighted by molar-refractivity contribution is -0.131. The maximum absolute atomic E-state index is 13.0. The second-order valence-electron chi connectivity index (χ2n) is 7.32. The first-order chi connectivity index (χ1) is 13.3. The van der Waals surface area contributed by atoms with Crippen LogP contribution in [-0.4, -0.2) is 53.6 Å². The lowest BCUT2D eigenvalue weighted by Crippen LogP contribution is -2.39. The Hall–Kier alpha value is -1.21. The van der Waals surface area contributed by atoms with E-state index in [1.165, 1.54) is 0 Å². The number of nitrogens with zero attached hydrogens (tertiary/aromatic N) is 2. The fourth-order valence-corrected chi connectivity index (χ4v) is 3.88. The van der Waals surface area contributed by atoms with Crippen molar-refractivity contribution in [3.63, 3.8) is 0 Å². The number of aliphatic hydroxyl groups is 1. The number of anilines is 1. The highest BCUT2D eigenvalue weighted by Gasteiger charge is 2.28. The normalized spacial score (nSPS) is 17.0. The Morgan fingerprint density at radius 1 is 1.23 bits per heavy atom. The summed E-state index contributed by atoms with van der Waals surface area (Å²) in [5, 5.41) is 10.8. The minimum absolute atomic E-state index is 0. The number of β-amino-alcohol motifs (C(OH)–C–C–N with tert-alkyl or cyclic N) is 1. The van der Waals surface area contributed by atoms with Gasteiger partial charge in [0, 0.05) is 32.4 Å². The van der Waals surface area contributed by atoms with Gasteiger partial charge in [-0.15, -0.1) is 24.8 Å². The van der Waals surface area contributed by atoms with Crippen molar-refractivity contribution in [1.29, 1.82) is 0 Å². The van der Waals surface area contributed by atoms with Crippen molar-refractivity contribution in [2.75, 3.05) is 32.4 Å². The summed E-state index contributed by atoms with van der Waals surface area (Å²) in [7, 11) is 1.81. The molecule has 0 saturated carbocycles. The van der Waals surface area contributed by atoms with Crippen molar-refractivity contribution in [2.24, 2.45) is 0 Å². The molecule has 0 aliphatic carbocycles. The van der Waals surface area contributed by atoms with Crippen LogP contribution >= 0.6 is 48.0 Å². The average molecular weight is 495 g/mol. The number of halogens is 4. The maximum atomic E-state index is 13.0. The fourth-order valence-electron chi connectivity index (χ4n) is 3.56. The summed E-state index contributed by atoms with van der Waals surface area (Å²) < 4.78 is 0. The molecule has 5 nitrogen and oxygen atoms in total. The summed E-state index contributed by atoms with van der Waals surface area (Å²) in [6, 6.07) is 12.7. The van der Waals surface area contributed by atoms with E-state index >= 15 is 0 Å². The zero-order chi connectivity index (χ0) is 20.3. The van der Waals surface area contributed by atoms with Gasteiger partial charge in [0.15, 0.2) is 0 Å². The van der Waals surface area contributed by atoms with E-state index in [1.54, 1.807) is 24.1 Å². The van der Waals surface area contributed by atoms with E-state index < -0.39 is 0 Å². The molecule has 2 aromatic carbocycles. The van der Waals surface area contributed by atoms with Gasteiger partial charge >= 0.3 is 0 Å². The molecule has 9 heteroatoms. The lowest BCUT2D eigenvalue weighted by Gasteiger charge is -2.32. The topological polar surface area (TPSA) is 69.8 Å². The number of likely N-dealkylation sites (tertiary alicyclic amines) is 1. The molecule has 166 valence electrons. The lowest BCUT2D eigenvalue weighted by atomic mass is 10.0. The number of rotatable bonds is 6. The SMILES string of the molecule is CN(C(=O)Cc1ccc(Cl)c(Cl)c1)[C@H](CN1CC[C@H](O)C1)c1cccc(N)c1.Cl.Cl. The molecule has 3 N–H and O–H groups in total. The Bertz CT molecular complexity index is 853. The zero-order valence-corrected chi connectivity index (χ0v) is 19.8. The molecule has 0 spiro atoms. The molecule has 2 aromatic rings. The van der Waals surface area contributed by atoms with Crippen LogP contribution in [0.4, 0.5) is 5.69 Å². The Morgan fingerprint density at radius 3 is 2.57 bits per heavy atom. The third kappa shape index (κ3) is 6.91. The Labute approximate surface area is 199 Å². The van der Waals surface area contributed by atoms with E-state index in [4.69, 9.17) is 28.9 Å². The van der Waals surface area contributed by atoms with Crippen LogP contribution in [0.3, 0.4) is 0 Å². The van der Waals surface area contributed by atoms with E-state index in [1.807, 2.05) is 30.3 Å². The van der Waals surface area contributed by atoms with Gasteiger partial charge < -0.3 is 15.7 Å². The molecule has 30 heavy (non-hydrogen) atoms. The number of likely N-dealkylation sites (N-methyl/N-ethyl adjacent to an activating group) is 1. The Morgan fingerprint density at radius 2 is 1.97 bits per heavy atom. The van der Waals surface area contributed by atoms with E-state index in [0.29, 0.717) is 28.8 Å². The quantitative estimate of drug-likeness (QED) is 0.589. The molecular formula is C21H27Cl4N3O2. The number of carbonyl (C=O) groups is 1. The first-order valence-electron chi connectivity index (χ1n) is 9.29. The number of nitrogens with two attached hydrogens (primary N) is 1. The molecule has 0 radical (unpaired) electrons. The average Bonchev–Trinajstić information content (AvgIpc) is 3.07. The predicted octanol–water partition coefficient (Wildman–Crippen LogP) is 4.23. The summed E-state index contributed by atoms with van der Waals surface area (Å²) >= 11 is 12.0. The molecule has 1 aliphatic heterocycles. The zero-order valence-electron chi connectivity index (χ0n) is 16.6. The van der Waals surface area contributed by atoms with Crippen molar-refractivity contribution in [1.82, 2.24) is 9.80 Å². The van der Waals surface area contributed by atoms with Crippen LogP contribution in [0.25, 0.3) is 0 Å². The number of hydrogen-bond acceptors (Lipinski definition) is 4. The van der Waals surface area contributed by atoms with Crippen molar-refractivity contribution in [3.05, 3.63) is 63.6 Å². The first kappa shape index (κ1) is 26.8. The minimum atomic E-state index is -0.307. The predicted molar refractivity (Wildman–Crippen MR) is 128 cm³/mol. The summed E-state index contributed by atoms with van der Waals surface area (Å²) in [4.78, 5) is 16.9. The van der Waals surface area contributed by atoms with Gasteiger partial charge in [0.2, 0.25) is 5.91 Å². The number of carbonyl (C=O) groups excluding carboxylic acids is 1. The van der Waals surface area contributed by atoms with Crippen molar-refractivity contribution in [3.8, 4) is 0 Å². The fraction of sp³-hybridized carbons (Fsp3) is 0.381. The Kier molecular flexibility index (Phi) is 10.7. The third-order valence-corrected chi connectivity index (χ3v) is 5.91. The Balaban J connectivity index is 0.00000225. The van der Waals surface area contributed by atoms with Gasteiger partial charge in [-0.1, -0.05) is 41.4 Å². The molecule has 3 rings (SSSR count). The van der Waals surface area contributed by atoms with Gasteiger partial charge in [0.1, 0.15) is 0 Å². The summed E-state index contributed by atoms with van der Waals surface area (Å²) in [6.07, 6.45) is 0.679. The van der Waals surface area contributed by atoms with Crippen molar-refractivity contribution in [2.45, 2.75) is 25.0 Å². The highest BCUT2D eigenvalue weighted by Crippen LogP contribution is 2.27. The molecular weight excluding hydrogens is 468 g/mol. The van der Waals surface area contributed by atoms with Crippen LogP contribution in [0.15, 0.2) is 42.5 Å². The largest absolute Gasteiger partial charge is 0.399 e. The number of nitrogen functional groups attached to an aromatic ring is 1. The minimum Gasteiger partial charge on any atom is -0.399 e. The number of aliphatic hydroxyl groups excluding tert-OH is 1. The van der Waals surface area contributed by atoms with E-state index in [9.17, 15) is 9.90 Å². The molecule has 1 aliphatic rings. The van der Waals surface area contributed by atoms with Gasteiger partial charge in [-0.05, 0) is 41.8 Å². The monoisotopic (exact) mass is 493 g/mol. The molecule has 1 fully saturated rings. The third-order valence-electron chi connectivity index (χ3n) is 5.17. The molecule has 1 amide bonds. The smallest absolute Gasteiger partial charge is 0.227 e. The second kappa shape index (κ2) is 12.0. The highest BCUT2D eigenvalue weighted by atomic mass is 35.5. The molecule has 1 heterocycles. The number of hydrogen-bond donors (Lipinski definition) is 2. The van der Waals surface area contributed by atoms with E-state index in [-0.39, 0.29) is 49.3 Å². The molecule has 0 unspecified atom stereocenters.